The highest BCUT2D eigenvalue weighted by atomic mass is 32.2. The fourth-order valence-corrected chi connectivity index (χ4v) is 7.25. The van der Waals surface area contributed by atoms with Gasteiger partial charge in [0.15, 0.2) is 0 Å². The van der Waals surface area contributed by atoms with Gasteiger partial charge in [0.1, 0.15) is 6.04 Å². The molecule has 1 fully saturated rings. The van der Waals surface area contributed by atoms with Crippen LogP contribution in [0.5, 0.6) is 0 Å². The summed E-state index contributed by atoms with van der Waals surface area (Å²) in [6.07, 6.45) is 6.88. The van der Waals surface area contributed by atoms with Gasteiger partial charge >= 0.3 is 6.03 Å². The normalized spacial score (nSPS) is 16.0. The van der Waals surface area contributed by atoms with Crippen molar-refractivity contribution in [3.05, 3.63) is 95.8 Å². The zero-order valence-electron chi connectivity index (χ0n) is 28.4. The lowest BCUT2D eigenvalue weighted by molar-refractivity contribution is -0.125. The quantitative estimate of drug-likeness (QED) is 0.0943. The Labute approximate surface area is 289 Å². The van der Waals surface area contributed by atoms with Crippen LogP contribution in [0.2, 0.25) is 0 Å². The van der Waals surface area contributed by atoms with E-state index in [1.165, 1.54) is 27.6 Å². The minimum absolute atomic E-state index is 0.0493. The molecule has 3 aromatic rings. The number of amides is 3. The number of aliphatic hydroxyl groups excluding tert-OH is 1. The molecule has 3 amide bonds. The maximum atomic E-state index is 14.0. The SMILES string of the molecule is CC[C@H](C)[C@H](NC(=O)N(C)Cc1ccncc1)C(=O)N[C@@H](Cc1ccccc1)[C@H](O)CN(CC1CCC1)S(=O)(=O)c1ccc(C=NO)cc1. The Kier molecular flexibility index (Phi) is 13.7. The Morgan fingerprint density at radius 1 is 1.02 bits per heavy atom. The number of rotatable bonds is 17. The molecule has 0 radical (unpaired) electrons. The van der Waals surface area contributed by atoms with Gasteiger partial charge in [-0.2, -0.15) is 4.31 Å². The van der Waals surface area contributed by atoms with Crippen molar-refractivity contribution in [2.45, 2.75) is 75.6 Å². The Bertz CT molecular complexity index is 1620. The molecule has 49 heavy (non-hydrogen) atoms. The molecule has 4 rings (SSSR count). The molecule has 2 aromatic carbocycles. The predicted molar refractivity (Wildman–Crippen MR) is 187 cm³/mol. The zero-order chi connectivity index (χ0) is 35.4. The molecule has 0 spiro atoms. The smallest absolute Gasteiger partial charge is 0.318 e. The van der Waals surface area contributed by atoms with Crippen molar-refractivity contribution in [1.82, 2.24) is 24.8 Å². The molecular weight excluding hydrogens is 644 g/mol. The molecule has 4 N–H and O–H groups in total. The molecule has 1 heterocycles. The van der Waals surface area contributed by atoms with E-state index in [-0.39, 0.29) is 36.2 Å². The van der Waals surface area contributed by atoms with Crippen LogP contribution in [-0.2, 0) is 27.8 Å². The molecule has 0 bridgehead atoms. The van der Waals surface area contributed by atoms with Crippen LogP contribution in [-0.4, -0.2) is 89.4 Å². The number of oxime groups is 1. The molecule has 12 nitrogen and oxygen atoms in total. The summed E-state index contributed by atoms with van der Waals surface area (Å²) in [7, 11) is -2.38. The van der Waals surface area contributed by atoms with E-state index in [0.717, 1.165) is 30.4 Å². The van der Waals surface area contributed by atoms with Gasteiger partial charge in [0.2, 0.25) is 15.9 Å². The fourth-order valence-electron chi connectivity index (χ4n) is 5.71. The second kappa shape index (κ2) is 17.9. The van der Waals surface area contributed by atoms with Crippen molar-refractivity contribution < 1.29 is 28.3 Å². The predicted octanol–water partition coefficient (Wildman–Crippen LogP) is 4.03. The molecular formula is C36H48N6O6S. The van der Waals surface area contributed by atoms with Crippen LogP contribution in [0.15, 0.2) is 89.2 Å². The zero-order valence-corrected chi connectivity index (χ0v) is 29.2. The van der Waals surface area contributed by atoms with Crippen LogP contribution in [0.3, 0.4) is 0 Å². The number of aromatic nitrogens is 1. The highest BCUT2D eigenvalue weighted by molar-refractivity contribution is 7.89. The van der Waals surface area contributed by atoms with Crippen molar-refractivity contribution in [3.63, 3.8) is 0 Å². The molecule has 1 saturated carbocycles. The molecule has 0 saturated heterocycles. The molecule has 0 unspecified atom stereocenters. The number of benzene rings is 2. The van der Waals surface area contributed by atoms with Crippen molar-refractivity contribution in [1.29, 1.82) is 0 Å². The van der Waals surface area contributed by atoms with E-state index in [1.807, 2.05) is 56.3 Å². The Balaban J connectivity index is 1.56. The van der Waals surface area contributed by atoms with E-state index in [2.05, 4.69) is 20.8 Å². The fraction of sp³-hybridized carbons (Fsp3) is 0.444. The summed E-state index contributed by atoms with van der Waals surface area (Å²) >= 11 is 0. The highest BCUT2D eigenvalue weighted by Gasteiger charge is 2.35. The number of hydrogen-bond acceptors (Lipinski definition) is 8. The van der Waals surface area contributed by atoms with Crippen LogP contribution >= 0.6 is 0 Å². The number of nitrogens with one attached hydrogen (secondary N) is 2. The van der Waals surface area contributed by atoms with Crippen molar-refractivity contribution in [2.75, 3.05) is 20.1 Å². The van der Waals surface area contributed by atoms with E-state index >= 15 is 0 Å². The third-order valence-electron chi connectivity index (χ3n) is 9.18. The van der Waals surface area contributed by atoms with Gasteiger partial charge in [-0.15, -0.1) is 0 Å². The van der Waals surface area contributed by atoms with Gasteiger partial charge in [0.05, 0.1) is 23.3 Å². The number of pyridine rings is 1. The summed E-state index contributed by atoms with van der Waals surface area (Å²) in [4.78, 5) is 32.8. The van der Waals surface area contributed by atoms with Crippen molar-refractivity contribution in [2.24, 2.45) is 17.0 Å². The number of urea groups is 1. The first-order valence-corrected chi connectivity index (χ1v) is 18.2. The highest BCUT2D eigenvalue weighted by Crippen LogP contribution is 2.30. The number of carbonyl (C=O) groups excluding carboxylic acids is 2. The number of sulfonamides is 1. The summed E-state index contributed by atoms with van der Waals surface area (Å²) in [6, 6.07) is 16.8. The molecule has 1 aliphatic carbocycles. The van der Waals surface area contributed by atoms with Crippen LogP contribution in [0.25, 0.3) is 0 Å². The molecule has 1 aromatic heterocycles. The van der Waals surface area contributed by atoms with E-state index < -0.39 is 40.1 Å². The number of carbonyl (C=O) groups is 2. The molecule has 4 atom stereocenters. The van der Waals surface area contributed by atoms with E-state index in [9.17, 15) is 23.1 Å². The summed E-state index contributed by atoms with van der Waals surface area (Å²) in [5.41, 5.74) is 2.27. The van der Waals surface area contributed by atoms with Gasteiger partial charge in [-0.05, 0) is 72.1 Å². The van der Waals surface area contributed by atoms with Crippen molar-refractivity contribution >= 4 is 28.2 Å². The van der Waals surface area contributed by atoms with Crippen LogP contribution in [0.4, 0.5) is 4.79 Å². The topological polar surface area (TPSA) is 165 Å². The lowest BCUT2D eigenvalue weighted by atomic mass is 9.85. The Morgan fingerprint density at radius 3 is 2.29 bits per heavy atom. The van der Waals surface area contributed by atoms with Crippen LogP contribution in [0.1, 0.15) is 56.2 Å². The maximum Gasteiger partial charge on any atom is 0.318 e. The number of nitrogens with zero attached hydrogens (tertiary/aromatic N) is 4. The second-order valence-corrected chi connectivity index (χ2v) is 14.8. The largest absolute Gasteiger partial charge is 0.411 e. The summed E-state index contributed by atoms with van der Waals surface area (Å²) in [5, 5.41) is 29.5. The molecule has 13 heteroatoms. The van der Waals surface area contributed by atoms with Gasteiger partial charge in [-0.3, -0.25) is 9.78 Å². The first-order chi connectivity index (χ1) is 23.5. The first kappa shape index (κ1) is 37.5. The van der Waals surface area contributed by atoms with E-state index in [1.54, 1.807) is 31.6 Å². The lowest BCUT2D eigenvalue weighted by Gasteiger charge is -2.35. The molecule has 0 aliphatic heterocycles. The average molecular weight is 693 g/mol. The average Bonchev–Trinajstić information content (AvgIpc) is 3.08. The second-order valence-electron chi connectivity index (χ2n) is 12.8. The van der Waals surface area contributed by atoms with Gasteiger partial charge in [-0.25, -0.2) is 13.2 Å². The van der Waals surface area contributed by atoms with Crippen molar-refractivity contribution in [3.8, 4) is 0 Å². The monoisotopic (exact) mass is 692 g/mol. The first-order valence-electron chi connectivity index (χ1n) is 16.7. The lowest BCUT2D eigenvalue weighted by Crippen LogP contribution is -2.58. The Morgan fingerprint density at radius 2 is 1.69 bits per heavy atom. The van der Waals surface area contributed by atoms with Gasteiger partial charge in [-0.1, -0.05) is 74.3 Å². The van der Waals surface area contributed by atoms with Crippen LogP contribution < -0.4 is 10.6 Å². The van der Waals surface area contributed by atoms with Gasteiger partial charge in [0, 0.05) is 39.1 Å². The van der Waals surface area contributed by atoms with E-state index in [0.29, 0.717) is 18.5 Å². The number of aliphatic hydroxyl groups is 1. The van der Waals surface area contributed by atoms with Crippen LogP contribution in [0, 0.1) is 11.8 Å². The van der Waals surface area contributed by atoms with Gasteiger partial charge in [0.25, 0.3) is 0 Å². The summed E-state index contributed by atoms with van der Waals surface area (Å²) < 4.78 is 29.2. The maximum absolute atomic E-state index is 14.0. The minimum Gasteiger partial charge on any atom is -0.411 e. The summed E-state index contributed by atoms with van der Waals surface area (Å²) in [6.45, 7) is 4.12. The standard InChI is InChI=1S/C36H48N6O6S/c1-4-26(2)34(40-36(45)41(3)23-30-17-19-37-20-18-30)35(44)39-32(21-27-9-6-5-7-10-27)33(43)25-42(24-29-11-8-12-29)49(47,48)31-15-13-28(14-16-31)22-38-46/h5-7,9-10,13-20,22,26,29,32-34,43,46H,4,8,11-12,21,23-25H2,1-3H3,(H,39,44)(H,40,45)/t26-,32-,33+,34-/m0/s1. The molecule has 1 aliphatic rings. The number of hydrogen-bond donors (Lipinski definition) is 4. The molecule has 264 valence electrons. The minimum atomic E-state index is -4.03. The third-order valence-corrected chi connectivity index (χ3v) is 11.0. The Hall–Kier alpha value is -4.33. The third kappa shape index (κ3) is 10.6. The van der Waals surface area contributed by atoms with E-state index in [4.69, 9.17) is 5.21 Å². The summed E-state index contributed by atoms with van der Waals surface area (Å²) in [5.74, 6) is -0.532. The van der Waals surface area contributed by atoms with Gasteiger partial charge < -0.3 is 25.8 Å².